The zero-order valence-corrected chi connectivity index (χ0v) is 15.8. The maximum atomic E-state index is 13.1. The highest BCUT2D eigenvalue weighted by atomic mass is 19.4. The molecule has 3 rings (SSSR count). The Hall–Kier alpha value is -2.31. The van der Waals surface area contributed by atoms with Gasteiger partial charge in [0.25, 0.3) is 0 Å². The number of benzene rings is 1. The SMILES string of the molecule is C=CC(=O)N1CCC(C(=O)N2CCCCC2c2ccc(C(F)(F)F)cc2)CC1. The van der Waals surface area contributed by atoms with Gasteiger partial charge in [-0.3, -0.25) is 9.59 Å². The van der Waals surface area contributed by atoms with Crippen LogP contribution in [-0.2, 0) is 15.8 Å². The van der Waals surface area contributed by atoms with Crippen LogP contribution in [0.1, 0.15) is 49.3 Å². The Balaban J connectivity index is 1.70. The van der Waals surface area contributed by atoms with Crippen molar-refractivity contribution < 1.29 is 22.8 Å². The zero-order chi connectivity index (χ0) is 20.3. The van der Waals surface area contributed by atoms with Gasteiger partial charge >= 0.3 is 6.18 Å². The molecule has 4 nitrogen and oxygen atoms in total. The minimum atomic E-state index is -4.36. The molecular weight excluding hydrogens is 369 g/mol. The molecule has 2 saturated heterocycles. The second-order valence-electron chi connectivity index (χ2n) is 7.47. The van der Waals surface area contributed by atoms with Crippen LogP contribution in [0.15, 0.2) is 36.9 Å². The van der Waals surface area contributed by atoms with E-state index < -0.39 is 11.7 Å². The standard InChI is InChI=1S/C21H25F3N2O2/c1-2-19(27)25-13-10-16(11-14-25)20(28)26-12-4-3-5-18(26)15-6-8-17(9-7-15)21(22,23)24/h2,6-9,16,18H,1,3-5,10-14H2. The molecule has 1 atom stereocenters. The molecule has 0 saturated carbocycles. The number of amides is 2. The van der Waals surface area contributed by atoms with Crippen molar-refractivity contribution in [1.82, 2.24) is 9.80 Å². The molecule has 0 aliphatic carbocycles. The lowest BCUT2D eigenvalue weighted by molar-refractivity contribution is -0.143. The summed E-state index contributed by atoms with van der Waals surface area (Å²) in [7, 11) is 0. The first-order chi connectivity index (χ1) is 13.3. The second kappa shape index (κ2) is 8.37. The van der Waals surface area contributed by atoms with E-state index >= 15 is 0 Å². The summed E-state index contributed by atoms with van der Waals surface area (Å²) >= 11 is 0. The van der Waals surface area contributed by atoms with E-state index in [-0.39, 0.29) is 23.8 Å². The average Bonchev–Trinajstić information content (AvgIpc) is 2.72. The number of nitrogens with zero attached hydrogens (tertiary/aromatic N) is 2. The second-order valence-corrected chi connectivity index (χ2v) is 7.47. The molecule has 0 radical (unpaired) electrons. The van der Waals surface area contributed by atoms with Gasteiger partial charge in [-0.1, -0.05) is 18.7 Å². The minimum Gasteiger partial charge on any atom is -0.339 e. The smallest absolute Gasteiger partial charge is 0.339 e. The van der Waals surface area contributed by atoms with Gasteiger partial charge in [0, 0.05) is 25.6 Å². The summed E-state index contributed by atoms with van der Waals surface area (Å²) in [5.74, 6) is -0.217. The van der Waals surface area contributed by atoms with E-state index in [2.05, 4.69) is 6.58 Å². The van der Waals surface area contributed by atoms with Crippen molar-refractivity contribution in [2.45, 2.75) is 44.3 Å². The number of hydrogen-bond acceptors (Lipinski definition) is 2. The molecule has 2 amide bonds. The van der Waals surface area contributed by atoms with Crippen LogP contribution in [0.3, 0.4) is 0 Å². The monoisotopic (exact) mass is 394 g/mol. The first-order valence-electron chi connectivity index (χ1n) is 9.70. The molecule has 1 unspecified atom stereocenters. The third-order valence-electron chi connectivity index (χ3n) is 5.74. The van der Waals surface area contributed by atoms with Crippen molar-refractivity contribution in [3.63, 3.8) is 0 Å². The summed E-state index contributed by atoms with van der Waals surface area (Å²) in [6.07, 6.45) is 0.734. The van der Waals surface area contributed by atoms with Crippen molar-refractivity contribution in [1.29, 1.82) is 0 Å². The summed E-state index contributed by atoms with van der Waals surface area (Å²) in [5.41, 5.74) is 0.0736. The van der Waals surface area contributed by atoms with E-state index in [4.69, 9.17) is 0 Å². The maximum absolute atomic E-state index is 13.1. The molecule has 152 valence electrons. The number of halogens is 3. The van der Waals surface area contributed by atoms with Crippen LogP contribution in [0, 0.1) is 5.92 Å². The molecule has 28 heavy (non-hydrogen) atoms. The molecule has 7 heteroatoms. The van der Waals surface area contributed by atoms with Crippen LogP contribution >= 0.6 is 0 Å². The Morgan fingerprint density at radius 2 is 1.64 bits per heavy atom. The maximum Gasteiger partial charge on any atom is 0.416 e. The van der Waals surface area contributed by atoms with Crippen molar-refractivity contribution in [2.75, 3.05) is 19.6 Å². The van der Waals surface area contributed by atoms with Gasteiger partial charge in [0.15, 0.2) is 0 Å². The van der Waals surface area contributed by atoms with Gasteiger partial charge in [-0.2, -0.15) is 13.2 Å². The molecular formula is C21H25F3N2O2. The van der Waals surface area contributed by atoms with Gasteiger partial charge in [0.2, 0.25) is 11.8 Å². The first-order valence-corrected chi connectivity index (χ1v) is 9.70. The number of carbonyl (C=O) groups excluding carboxylic acids is 2. The Morgan fingerprint density at radius 3 is 2.21 bits per heavy atom. The molecule has 2 aliphatic heterocycles. The quantitative estimate of drug-likeness (QED) is 0.722. The van der Waals surface area contributed by atoms with Crippen molar-refractivity contribution >= 4 is 11.8 Å². The van der Waals surface area contributed by atoms with Crippen molar-refractivity contribution in [3.8, 4) is 0 Å². The molecule has 0 N–H and O–H groups in total. The molecule has 2 heterocycles. The lowest BCUT2D eigenvalue weighted by atomic mass is 9.90. The zero-order valence-electron chi connectivity index (χ0n) is 15.8. The molecule has 1 aromatic rings. The fourth-order valence-corrected chi connectivity index (χ4v) is 4.15. The van der Waals surface area contributed by atoms with E-state index in [1.54, 1.807) is 4.90 Å². The van der Waals surface area contributed by atoms with Crippen LogP contribution in [0.4, 0.5) is 13.2 Å². The Labute approximate surface area is 163 Å². The van der Waals surface area contributed by atoms with Crippen LogP contribution in [0.5, 0.6) is 0 Å². The van der Waals surface area contributed by atoms with Gasteiger partial charge in [-0.05, 0) is 55.9 Å². The van der Waals surface area contributed by atoms with Crippen LogP contribution in [0.25, 0.3) is 0 Å². The van der Waals surface area contributed by atoms with E-state index in [0.29, 0.717) is 32.5 Å². The van der Waals surface area contributed by atoms with Gasteiger partial charge in [0.1, 0.15) is 0 Å². The van der Waals surface area contributed by atoms with Crippen molar-refractivity contribution in [3.05, 3.63) is 48.0 Å². The summed E-state index contributed by atoms with van der Waals surface area (Å²) in [6, 6.07) is 4.98. The predicted octanol–water partition coefficient (Wildman–Crippen LogP) is 4.18. The number of carbonyl (C=O) groups is 2. The predicted molar refractivity (Wildman–Crippen MR) is 99.3 cm³/mol. The molecule has 2 aliphatic rings. The topological polar surface area (TPSA) is 40.6 Å². The highest BCUT2D eigenvalue weighted by Gasteiger charge is 2.35. The number of rotatable bonds is 3. The van der Waals surface area contributed by atoms with E-state index in [1.807, 2.05) is 4.90 Å². The van der Waals surface area contributed by atoms with E-state index in [9.17, 15) is 22.8 Å². The number of likely N-dealkylation sites (tertiary alicyclic amines) is 2. The Bertz CT molecular complexity index is 722. The summed E-state index contributed by atoms with van der Waals surface area (Å²) in [6.45, 7) is 5.17. The average molecular weight is 394 g/mol. The molecule has 1 aromatic carbocycles. The summed E-state index contributed by atoms with van der Waals surface area (Å²) in [5, 5.41) is 0. The molecule has 0 aromatic heterocycles. The number of hydrogen-bond donors (Lipinski definition) is 0. The first kappa shape index (κ1) is 20.4. The van der Waals surface area contributed by atoms with Gasteiger partial charge in [-0.15, -0.1) is 0 Å². The van der Waals surface area contributed by atoms with Crippen LogP contribution in [-0.4, -0.2) is 41.2 Å². The van der Waals surface area contributed by atoms with E-state index in [1.165, 1.54) is 18.2 Å². The highest BCUT2D eigenvalue weighted by Crippen LogP contribution is 2.36. The highest BCUT2D eigenvalue weighted by molar-refractivity contribution is 5.87. The van der Waals surface area contributed by atoms with Crippen LogP contribution < -0.4 is 0 Å². The Kier molecular flexibility index (Phi) is 6.10. The van der Waals surface area contributed by atoms with Gasteiger partial charge in [-0.25, -0.2) is 0 Å². The fraction of sp³-hybridized carbons (Fsp3) is 0.524. The van der Waals surface area contributed by atoms with Crippen LogP contribution in [0.2, 0.25) is 0 Å². The normalized spacial score (nSPS) is 21.5. The van der Waals surface area contributed by atoms with Gasteiger partial charge < -0.3 is 9.80 Å². The van der Waals surface area contributed by atoms with Gasteiger partial charge in [0.05, 0.1) is 11.6 Å². The van der Waals surface area contributed by atoms with E-state index in [0.717, 1.165) is 37.0 Å². The fourth-order valence-electron chi connectivity index (χ4n) is 4.15. The minimum absolute atomic E-state index is 0.0512. The lowest BCUT2D eigenvalue weighted by Crippen LogP contribution is -2.46. The third kappa shape index (κ3) is 4.39. The Morgan fingerprint density at radius 1 is 1.00 bits per heavy atom. The number of piperidine rings is 2. The largest absolute Gasteiger partial charge is 0.416 e. The molecule has 0 spiro atoms. The van der Waals surface area contributed by atoms with Crippen molar-refractivity contribution in [2.24, 2.45) is 5.92 Å². The summed E-state index contributed by atoms with van der Waals surface area (Å²) < 4.78 is 38.5. The lowest BCUT2D eigenvalue weighted by Gasteiger charge is -2.40. The third-order valence-corrected chi connectivity index (χ3v) is 5.74. The summed E-state index contributed by atoms with van der Waals surface area (Å²) in [4.78, 5) is 28.4. The molecule has 0 bridgehead atoms. The number of alkyl halides is 3. The molecule has 2 fully saturated rings.